The van der Waals surface area contributed by atoms with Crippen molar-refractivity contribution in [3.63, 3.8) is 0 Å². The fourth-order valence-corrected chi connectivity index (χ4v) is 2.90. The number of H-pyrrole nitrogens is 1. The Hall–Kier alpha value is -1.48. The van der Waals surface area contributed by atoms with Gasteiger partial charge in [0.15, 0.2) is 5.78 Å². The molecule has 0 aliphatic rings. The van der Waals surface area contributed by atoms with Gasteiger partial charge in [0, 0.05) is 11.1 Å². The predicted octanol–water partition coefficient (Wildman–Crippen LogP) is 4.60. The van der Waals surface area contributed by atoms with Crippen molar-refractivity contribution in [3.05, 3.63) is 53.3 Å². The molecule has 0 saturated carbocycles. The molecular formula is C17H21NOS. The Morgan fingerprint density at radius 2 is 2.00 bits per heavy atom. The Kier molecular flexibility index (Phi) is 4.39. The van der Waals surface area contributed by atoms with Crippen LogP contribution in [0.25, 0.3) is 0 Å². The number of aryl methyl sites for hydroxylation is 1. The van der Waals surface area contributed by atoms with Gasteiger partial charge in [-0.05, 0) is 41.7 Å². The zero-order chi connectivity index (χ0) is 14.8. The minimum Gasteiger partial charge on any atom is -0.359 e. The van der Waals surface area contributed by atoms with Crippen LogP contribution in [-0.4, -0.2) is 16.5 Å². The molecule has 0 amide bonds. The molecule has 1 aromatic heterocycles. The second-order valence-corrected chi connectivity index (χ2v) is 7.04. The van der Waals surface area contributed by atoms with E-state index in [4.69, 9.17) is 0 Å². The van der Waals surface area contributed by atoms with E-state index in [-0.39, 0.29) is 11.2 Å². The molecule has 0 radical (unpaired) electrons. The van der Waals surface area contributed by atoms with E-state index in [9.17, 15) is 4.79 Å². The number of hydrogen-bond donors (Lipinski definition) is 1. The van der Waals surface area contributed by atoms with Crippen molar-refractivity contribution in [2.75, 3.05) is 5.75 Å². The summed E-state index contributed by atoms with van der Waals surface area (Å²) in [6.07, 6.45) is 1.78. The summed E-state index contributed by atoms with van der Waals surface area (Å²) >= 11 is 1.61. The predicted molar refractivity (Wildman–Crippen MR) is 85.7 cm³/mol. The van der Waals surface area contributed by atoms with Crippen LogP contribution in [0.15, 0.2) is 41.4 Å². The first-order valence-electron chi connectivity index (χ1n) is 6.78. The molecule has 20 heavy (non-hydrogen) atoms. The van der Waals surface area contributed by atoms with Crippen LogP contribution in [0.3, 0.4) is 0 Å². The van der Waals surface area contributed by atoms with Gasteiger partial charge >= 0.3 is 0 Å². The summed E-state index contributed by atoms with van der Waals surface area (Å²) in [6, 6.07) is 10.2. The summed E-state index contributed by atoms with van der Waals surface area (Å²) in [6.45, 7) is 8.70. The second kappa shape index (κ2) is 5.88. The smallest absolute Gasteiger partial charge is 0.189 e. The average Bonchev–Trinajstić information content (AvgIpc) is 2.90. The molecule has 2 aromatic rings. The molecule has 0 saturated heterocycles. The van der Waals surface area contributed by atoms with E-state index in [1.807, 2.05) is 12.1 Å². The molecule has 0 bridgehead atoms. The molecule has 0 aliphatic heterocycles. The zero-order valence-corrected chi connectivity index (χ0v) is 13.3. The van der Waals surface area contributed by atoms with Crippen molar-refractivity contribution >= 4 is 17.5 Å². The number of thioether (sulfide) groups is 1. The number of rotatable bonds is 4. The first-order chi connectivity index (χ1) is 9.38. The van der Waals surface area contributed by atoms with Crippen LogP contribution in [0.2, 0.25) is 0 Å². The normalized spacial score (nSPS) is 11.6. The molecule has 2 rings (SSSR count). The highest BCUT2D eigenvalue weighted by Gasteiger charge is 2.15. The van der Waals surface area contributed by atoms with Crippen LogP contribution in [-0.2, 0) is 5.41 Å². The van der Waals surface area contributed by atoms with E-state index < -0.39 is 0 Å². The maximum absolute atomic E-state index is 12.0. The standard InChI is InChI=1S/C17H21NOS/c1-12-7-8-13(17(2,3)4)10-16(12)20-11-15(19)14-6-5-9-18-14/h5-10,18H,11H2,1-4H3. The van der Waals surface area contributed by atoms with E-state index in [0.717, 1.165) is 0 Å². The van der Waals surface area contributed by atoms with Crippen molar-refractivity contribution in [1.29, 1.82) is 0 Å². The lowest BCUT2D eigenvalue weighted by Gasteiger charge is -2.20. The number of ketones is 1. The Bertz CT molecular complexity index is 594. The lowest BCUT2D eigenvalue weighted by molar-refractivity contribution is 0.101. The Morgan fingerprint density at radius 3 is 2.60 bits per heavy atom. The highest BCUT2D eigenvalue weighted by atomic mass is 32.2. The molecule has 0 fully saturated rings. The van der Waals surface area contributed by atoms with Crippen LogP contribution in [0.5, 0.6) is 0 Å². The van der Waals surface area contributed by atoms with Gasteiger partial charge in [0.1, 0.15) is 0 Å². The molecule has 1 N–H and O–H groups in total. The molecule has 0 unspecified atom stereocenters. The van der Waals surface area contributed by atoms with Crippen LogP contribution >= 0.6 is 11.8 Å². The number of hydrogen-bond acceptors (Lipinski definition) is 2. The minimum absolute atomic E-state index is 0.131. The van der Waals surface area contributed by atoms with Crippen LogP contribution in [0.1, 0.15) is 42.4 Å². The van der Waals surface area contributed by atoms with Crippen LogP contribution in [0, 0.1) is 6.92 Å². The van der Waals surface area contributed by atoms with E-state index >= 15 is 0 Å². The maximum atomic E-state index is 12.0. The van der Waals surface area contributed by atoms with Gasteiger partial charge in [0.2, 0.25) is 0 Å². The molecule has 0 atom stereocenters. The van der Waals surface area contributed by atoms with Crippen molar-refractivity contribution in [2.24, 2.45) is 0 Å². The molecule has 3 heteroatoms. The third-order valence-electron chi connectivity index (χ3n) is 3.31. The Balaban J connectivity index is 2.11. The maximum Gasteiger partial charge on any atom is 0.189 e. The molecular weight excluding hydrogens is 266 g/mol. The molecule has 2 nitrogen and oxygen atoms in total. The lowest BCUT2D eigenvalue weighted by atomic mass is 9.87. The SMILES string of the molecule is Cc1ccc(C(C)(C)C)cc1SCC(=O)c1ccc[nH]1. The van der Waals surface area contributed by atoms with Crippen molar-refractivity contribution in [2.45, 2.75) is 38.0 Å². The fraction of sp³-hybridized carbons (Fsp3) is 0.353. The quantitative estimate of drug-likeness (QED) is 0.658. The molecule has 1 aromatic carbocycles. The molecule has 106 valence electrons. The van der Waals surface area contributed by atoms with Gasteiger partial charge in [0.05, 0.1) is 11.4 Å². The topological polar surface area (TPSA) is 32.9 Å². The summed E-state index contributed by atoms with van der Waals surface area (Å²) in [4.78, 5) is 16.2. The van der Waals surface area contributed by atoms with E-state index in [1.165, 1.54) is 16.0 Å². The fourth-order valence-electron chi connectivity index (χ4n) is 1.95. The molecule has 0 aliphatic carbocycles. The summed E-state index contributed by atoms with van der Waals surface area (Å²) in [5.74, 6) is 0.607. The Morgan fingerprint density at radius 1 is 1.25 bits per heavy atom. The minimum atomic E-state index is 0.131. The first kappa shape index (κ1) is 14.9. The van der Waals surface area contributed by atoms with Crippen LogP contribution < -0.4 is 0 Å². The van der Waals surface area contributed by atoms with Gasteiger partial charge < -0.3 is 4.98 Å². The van der Waals surface area contributed by atoms with Crippen molar-refractivity contribution < 1.29 is 4.79 Å². The van der Waals surface area contributed by atoms with Gasteiger partial charge in [-0.15, -0.1) is 11.8 Å². The summed E-state index contributed by atoms with van der Waals surface area (Å²) in [5.41, 5.74) is 3.34. The lowest BCUT2D eigenvalue weighted by Crippen LogP contribution is -2.11. The monoisotopic (exact) mass is 287 g/mol. The summed E-state index contributed by atoms with van der Waals surface area (Å²) in [7, 11) is 0. The van der Waals surface area contributed by atoms with Crippen molar-refractivity contribution in [1.82, 2.24) is 4.98 Å². The van der Waals surface area contributed by atoms with Gasteiger partial charge in [0.25, 0.3) is 0 Å². The third-order valence-corrected chi connectivity index (χ3v) is 4.47. The zero-order valence-electron chi connectivity index (χ0n) is 12.5. The van der Waals surface area contributed by atoms with Gasteiger partial charge in [-0.1, -0.05) is 32.9 Å². The highest BCUT2D eigenvalue weighted by molar-refractivity contribution is 8.00. The summed E-state index contributed by atoms with van der Waals surface area (Å²) in [5, 5.41) is 0. The second-order valence-electron chi connectivity index (χ2n) is 6.03. The third kappa shape index (κ3) is 3.54. The number of aromatic nitrogens is 1. The molecule has 1 heterocycles. The van der Waals surface area contributed by atoms with E-state index in [0.29, 0.717) is 11.4 Å². The van der Waals surface area contributed by atoms with Crippen LogP contribution in [0.4, 0.5) is 0 Å². The number of benzene rings is 1. The van der Waals surface area contributed by atoms with Gasteiger partial charge in [-0.2, -0.15) is 0 Å². The largest absolute Gasteiger partial charge is 0.359 e. The van der Waals surface area contributed by atoms with Crippen molar-refractivity contribution in [3.8, 4) is 0 Å². The molecule has 0 spiro atoms. The van der Waals surface area contributed by atoms with E-state index in [2.05, 4.69) is 50.9 Å². The highest BCUT2D eigenvalue weighted by Crippen LogP contribution is 2.30. The number of nitrogens with one attached hydrogen (secondary N) is 1. The number of Topliss-reactive ketones (excluding diaryl/α,β-unsaturated/α-hetero) is 1. The summed E-state index contributed by atoms with van der Waals surface area (Å²) < 4.78 is 0. The van der Waals surface area contributed by atoms with Gasteiger partial charge in [-0.25, -0.2) is 0 Å². The average molecular weight is 287 g/mol. The van der Waals surface area contributed by atoms with Gasteiger partial charge in [-0.3, -0.25) is 4.79 Å². The number of aromatic amines is 1. The first-order valence-corrected chi connectivity index (χ1v) is 7.77. The number of carbonyl (C=O) groups is 1. The Labute approximate surface area is 125 Å². The van der Waals surface area contributed by atoms with E-state index in [1.54, 1.807) is 18.0 Å². The number of carbonyl (C=O) groups excluding carboxylic acids is 1.